The van der Waals surface area contributed by atoms with E-state index < -0.39 is 28.4 Å². The van der Waals surface area contributed by atoms with Crippen LogP contribution in [0.4, 0.5) is 13.2 Å². The van der Waals surface area contributed by atoms with Gasteiger partial charge in [-0.2, -0.15) is 18.4 Å². The zero-order valence-electron chi connectivity index (χ0n) is 28.3. The van der Waals surface area contributed by atoms with Gasteiger partial charge in [0.25, 0.3) is 0 Å². The molecule has 0 aromatic carbocycles. The molecule has 0 radical (unpaired) electrons. The topological polar surface area (TPSA) is 84.2 Å². The number of carbonyl (C=O) groups excluding carboxylic acids is 3. The van der Waals surface area contributed by atoms with E-state index in [1.54, 1.807) is 6.92 Å². The molecule has 0 bridgehead atoms. The summed E-state index contributed by atoms with van der Waals surface area (Å²) in [5.74, 6) is -2.47. The molecule has 0 heterocycles. The van der Waals surface area contributed by atoms with E-state index in [0.717, 1.165) is 25.7 Å². The van der Waals surface area contributed by atoms with Gasteiger partial charge in [-0.3, -0.25) is 4.79 Å². The van der Waals surface area contributed by atoms with Gasteiger partial charge in [0.15, 0.2) is 5.78 Å². The Bertz CT molecular complexity index is 1160. The van der Waals surface area contributed by atoms with Crippen molar-refractivity contribution in [2.75, 3.05) is 6.61 Å². The predicted molar refractivity (Wildman–Crippen MR) is 162 cm³/mol. The number of alkyl halides is 3. The summed E-state index contributed by atoms with van der Waals surface area (Å²) in [6, 6.07) is 2.12. The van der Waals surface area contributed by atoms with E-state index in [4.69, 9.17) is 4.74 Å². The monoisotopic (exact) mass is 609 g/mol. The van der Waals surface area contributed by atoms with Crippen LogP contribution in [0.15, 0.2) is 11.6 Å². The lowest BCUT2D eigenvalue weighted by atomic mass is 9.39. The molecule has 43 heavy (non-hydrogen) atoms. The maximum Gasteiger partial charge on any atom is 0.490 e. The largest absolute Gasteiger partial charge is 0.490 e. The number of Topliss-reactive ketones (excluding diaryl/α,β-unsaturated/α-hetero) is 2. The van der Waals surface area contributed by atoms with Gasteiger partial charge in [-0.25, -0.2) is 4.79 Å². The lowest BCUT2D eigenvalue weighted by molar-refractivity contribution is -0.203. The minimum atomic E-state index is -5.05. The number of nitrogens with zero attached hydrogens (tertiary/aromatic N) is 1. The van der Waals surface area contributed by atoms with Crippen LogP contribution >= 0.6 is 0 Å². The Morgan fingerprint density at radius 1 is 1.02 bits per heavy atom. The van der Waals surface area contributed by atoms with Crippen molar-refractivity contribution < 1.29 is 32.3 Å². The zero-order valence-corrected chi connectivity index (χ0v) is 28.3. The van der Waals surface area contributed by atoms with Crippen LogP contribution in [0.5, 0.6) is 0 Å². The van der Waals surface area contributed by atoms with Gasteiger partial charge in [0, 0.05) is 17.3 Å². The molecule has 2 aliphatic carbocycles. The van der Waals surface area contributed by atoms with Crippen molar-refractivity contribution in [1.29, 1.82) is 5.26 Å². The van der Waals surface area contributed by atoms with Gasteiger partial charge < -0.3 is 9.53 Å². The highest BCUT2D eigenvalue weighted by Crippen LogP contribution is 2.68. The first-order chi connectivity index (χ1) is 19.3. The highest BCUT2D eigenvalue weighted by molar-refractivity contribution is 6.04. The normalized spacial score (nSPS) is 29.1. The van der Waals surface area contributed by atoms with Crippen LogP contribution in [0.25, 0.3) is 0 Å². The first kappa shape index (κ1) is 37.0. The second-order valence-corrected chi connectivity index (χ2v) is 16.3. The van der Waals surface area contributed by atoms with Gasteiger partial charge in [-0.05, 0) is 78.9 Å². The molecule has 0 aromatic rings. The van der Waals surface area contributed by atoms with Crippen LogP contribution in [-0.4, -0.2) is 30.3 Å². The molecule has 244 valence electrons. The molecule has 0 aliphatic heterocycles. The number of fused-ring (bicyclic) bond motifs is 1. The number of esters is 1. The van der Waals surface area contributed by atoms with Gasteiger partial charge >= 0.3 is 12.1 Å². The summed E-state index contributed by atoms with van der Waals surface area (Å²) in [6.45, 7) is 22.0. The number of carbonyl (C=O) groups is 3. The number of ketones is 2. The average Bonchev–Trinajstić information content (AvgIpc) is 2.89. The summed E-state index contributed by atoms with van der Waals surface area (Å²) in [5.41, 5.74) is -2.61. The summed E-state index contributed by atoms with van der Waals surface area (Å²) in [4.78, 5) is 37.7. The van der Waals surface area contributed by atoms with Gasteiger partial charge in [0.05, 0.1) is 12.2 Å². The van der Waals surface area contributed by atoms with Crippen LogP contribution in [0.2, 0.25) is 0 Å². The fraction of sp³-hybridized carbons (Fsp3) is 0.829. The smallest absolute Gasteiger partial charge is 0.458 e. The molecule has 2 aliphatic rings. The molecular weight excluding hydrogens is 555 g/mol. The number of hydrogen-bond acceptors (Lipinski definition) is 5. The Balaban J connectivity index is 2.50. The van der Waals surface area contributed by atoms with Crippen molar-refractivity contribution >= 4 is 17.5 Å². The Morgan fingerprint density at radius 2 is 1.58 bits per heavy atom. The first-order valence-electron chi connectivity index (χ1n) is 15.7. The van der Waals surface area contributed by atoms with Crippen molar-refractivity contribution in [2.45, 2.75) is 134 Å². The van der Waals surface area contributed by atoms with Gasteiger partial charge in [0.2, 0.25) is 0 Å². The molecule has 1 fully saturated rings. The fourth-order valence-corrected chi connectivity index (χ4v) is 8.01. The minimum Gasteiger partial charge on any atom is -0.458 e. The van der Waals surface area contributed by atoms with E-state index >= 15 is 0 Å². The van der Waals surface area contributed by atoms with Crippen molar-refractivity contribution in [3.63, 3.8) is 0 Å². The Morgan fingerprint density at radius 3 is 2.07 bits per heavy atom. The van der Waals surface area contributed by atoms with Crippen molar-refractivity contribution in [3.05, 3.63) is 11.6 Å². The lowest BCUT2D eigenvalue weighted by Crippen LogP contribution is -2.60. The highest BCUT2D eigenvalue weighted by atomic mass is 19.4. The third kappa shape index (κ3) is 7.56. The fourth-order valence-electron chi connectivity index (χ4n) is 8.01. The number of halogens is 3. The SMILES string of the molecule is CCC(C)(C)CC[C@@](C)(CCC(C)(C)[C@]1(C)CC[C@H]2C(C)(C)C(=O)C(C#N)=C[C@]2(C)[C@H]1CC(C)=O)COC(=O)C(F)(F)F. The van der Waals surface area contributed by atoms with Crippen molar-refractivity contribution in [1.82, 2.24) is 0 Å². The molecule has 2 rings (SSSR count). The number of ether oxygens (including phenoxy) is 1. The Kier molecular flexibility index (Phi) is 10.6. The van der Waals surface area contributed by atoms with Gasteiger partial charge in [-0.1, -0.05) is 81.7 Å². The number of rotatable bonds is 12. The standard InChI is InChI=1S/C35H54F3NO4/c1-12-29(3,4)15-17-32(9,22-43-28(42)35(36,37)38)18-16-30(5,6)34(11)14-13-25-31(7,8)27(41)24(21-39)20-33(25,10)26(34)19-23(2)40/h20,25-26H,12-19,22H2,1-11H3/t25-,26+,32-,33-,34+/m0/s1. The molecule has 0 spiro atoms. The summed E-state index contributed by atoms with van der Waals surface area (Å²) in [6.07, 6.45) is 2.09. The van der Waals surface area contributed by atoms with E-state index in [0.29, 0.717) is 25.7 Å². The van der Waals surface area contributed by atoms with E-state index in [9.17, 15) is 32.8 Å². The zero-order chi connectivity index (χ0) is 33.4. The third-order valence-corrected chi connectivity index (χ3v) is 12.0. The van der Waals surface area contributed by atoms with Crippen LogP contribution < -0.4 is 0 Å². The maximum atomic E-state index is 13.2. The molecule has 0 aromatic heterocycles. The quantitative estimate of drug-likeness (QED) is 0.206. The molecule has 0 amide bonds. The van der Waals surface area contributed by atoms with Gasteiger partial charge in [-0.15, -0.1) is 0 Å². The molecule has 0 unspecified atom stereocenters. The number of hydrogen-bond donors (Lipinski definition) is 0. The molecule has 5 atom stereocenters. The Labute approximate surface area is 257 Å². The summed E-state index contributed by atoms with van der Waals surface area (Å²) >= 11 is 0. The van der Waals surface area contributed by atoms with Crippen molar-refractivity contribution in [2.24, 2.45) is 44.3 Å². The first-order valence-corrected chi connectivity index (χ1v) is 15.7. The van der Waals surface area contributed by atoms with E-state index in [1.807, 2.05) is 26.8 Å². The highest BCUT2D eigenvalue weighted by Gasteiger charge is 2.63. The van der Waals surface area contributed by atoms with Crippen LogP contribution in [0.1, 0.15) is 128 Å². The molecular formula is C35H54F3NO4. The second kappa shape index (κ2) is 12.3. The minimum absolute atomic E-state index is 0.00759. The number of allylic oxidation sites excluding steroid dienone is 2. The lowest BCUT2D eigenvalue weighted by Gasteiger charge is -2.64. The molecule has 1 saturated carbocycles. The van der Waals surface area contributed by atoms with Crippen molar-refractivity contribution in [3.8, 4) is 6.07 Å². The molecule has 8 heteroatoms. The van der Waals surface area contributed by atoms with E-state index in [1.165, 1.54) is 0 Å². The van der Waals surface area contributed by atoms with Crippen LogP contribution in [-0.2, 0) is 19.1 Å². The predicted octanol–water partition coefficient (Wildman–Crippen LogP) is 9.20. The van der Waals surface area contributed by atoms with Crippen LogP contribution in [0, 0.1) is 55.7 Å². The van der Waals surface area contributed by atoms with E-state index in [-0.39, 0.29) is 51.8 Å². The van der Waals surface area contributed by atoms with Gasteiger partial charge in [0.1, 0.15) is 11.9 Å². The Hall–Kier alpha value is -2.17. The van der Waals surface area contributed by atoms with E-state index in [2.05, 4.69) is 54.5 Å². The summed E-state index contributed by atoms with van der Waals surface area (Å²) in [7, 11) is 0. The molecule has 0 saturated heterocycles. The molecule has 0 N–H and O–H groups in total. The van der Waals surface area contributed by atoms with Crippen LogP contribution in [0.3, 0.4) is 0 Å². The summed E-state index contributed by atoms with van der Waals surface area (Å²) < 4.78 is 43.9. The number of nitriles is 1. The third-order valence-electron chi connectivity index (χ3n) is 12.0. The second-order valence-electron chi connectivity index (χ2n) is 16.3. The molecule has 5 nitrogen and oxygen atoms in total. The average molecular weight is 610 g/mol. The summed E-state index contributed by atoms with van der Waals surface area (Å²) in [5, 5.41) is 9.88. The maximum absolute atomic E-state index is 13.2.